The molecule has 1 aromatic heterocycles. The molecule has 3 aromatic rings. The zero-order valence-corrected chi connectivity index (χ0v) is 17.9. The van der Waals surface area contributed by atoms with E-state index in [1.165, 1.54) is 12.4 Å². The molecule has 0 N–H and O–H groups in total. The number of hydrogen-bond donors (Lipinski definition) is 0. The van der Waals surface area contributed by atoms with Gasteiger partial charge < -0.3 is 14.5 Å². The minimum atomic E-state index is -0.442. The minimum Gasteiger partial charge on any atom is -0.436 e. The fraction of sp³-hybridized carbons (Fsp3) is 0.292. The third-order valence-corrected chi connectivity index (χ3v) is 5.52. The van der Waals surface area contributed by atoms with Crippen LogP contribution in [0, 0.1) is 19.7 Å². The molecular weight excluding hydrogens is 395 g/mol. The molecule has 0 saturated carbocycles. The van der Waals surface area contributed by atoms with E-state index < -0.39 is 5.82 Å². The number of anilines is 1. The van der Waals surface area contributed by atoms with Gasteiger partial charge in [0, 0.05) is 37.3 Å². The third kappa shape index (κ3) is 4.50. The number of nitrogens with zero attached hydrogens (tertiary/aromatic N) is 4. The Morgan fingerprint density at radius 2 is 1.90 bits per heavy atom. The highest BCUT2D eigenvalue weighted by atomic mass is 19.1. The van der Waals surface area contributed by atoms with Crippen LogP contribution < -0.4 is 9.64 Å². The van der Waals surface area contributed by atoms with Crippen LogP contribution in [0.2, 0.25) is 0 Å². The summed E-state index contributed by atoms with van der Waals surface area (Å²) >= 11 is 0. The summed E-state index contributed by atoms with van der Waals surface area (Å²) in [7, 11) is 0. The van der Waals surface area contributed by atoms with Crippen LogP contribution in [0.4, 0.5) is 10.2 Å². The van der Waals surface area contributed by atoms with Crippen LogP contribution in [0.3, 0.4) is 0 Å². The first kappa shape index (κ1) is 20.8. The van der Waals surface area contributed by atoms with Crippen molar-refractivity contribution in [3.63, 3.8) is 0 Å². The number of carbonyl (C=O) groups is 1. The number of rotatable bonds is 4. The van der Waals surface area contributed by atoms with Crippen molar-refractivity contribution in [2.24, 2.45) is 0 Å². The molecule has 1 fully saturated rings. The second kappa shape index (κ2) is 8.71. The molecule has 1 aliphatic heterocycles. The molecule has 1 atom stereocenters. The summed E-state index contributed by atoms with van der Waals surface area (Å²) in [4.78, 5) is 25.5. The van der Waals surface area contributed by atoms with Gasteiger partial charge in [-0.15, -0.1) is 0 Å². The van der Waals surface area contributed by atoms with Gasteiger partial charge in [0.15, 0.2) is 11.6 Å². The molecule has 31 heavy (non-hydrogen) atoms. The van der Waals surface area contributed by atoms with E-state index in [-0.39, 0.29) is 23.6 Å². The van der Waals surface area contributed by atoms with Crippen LogP contribution >= 0.6 is 0 Å². The van der Waals surface area contributed by atoms with Gasteiger partial charge in [-0.25, -0.2) is 14.4 Å². The van der Waals surface area contributed by atoms with Crippen molar-refractivity contribution in [1.82, 2.24) is 14.9 Å². The first-order valence-electron chi connectivity index (χ1n) is 10.3. The predicted octanol–water partition coefficient (Wildman–Crippen LogP) is 4.38. The first-order chi connectivity index (χ1) is 14.9. The maximum Gasteiger partial charge on any atom is 0.254 e. The van der Waals surface area contributed by atoms with Crippen molar-refractivity contribution >= 4 is 11.7 Å². The largest absolute Gasteiger partial charge is 0.436 e. The highest BCUT2D eigenvalue weighted by molar-refractivity contribution is 5.96. The topological polar surface area (TPSA) is 58.6 Å². The summed E-state index contributed by atoms with van der Waals surface area (Å²) in [6, 6.07) is 14.1. The SMILES string of the molecule is Cc1ccc(F)c(Oc2cc(N3CCN(C(=O)c4ccccc4C)C(C)C3)ncn2)c1. The van der Waals surface area contributed by atoms with Crippen molar-refractivity contribution in [2.75, 3.05) is 24.5 Å². The number of amides is 1. The number of ether oxygens (including phenoxy) is 1. The lowest BCUT2D eigenvalue weighted by atomic mass is 10.1. The Balaban J connectivity index is 1.47. The zero-order valence-electron chi connectivity index (χ0n) is 17.9. The summed E-state index contributed by atoms with van der Waals surface area (Å²) in [5, 5.41) is 0. The van der Waals surface area contributed by atoms with E-state index in [1.54, 1.807) is 18.2 Å². The van der Waals surface area contributed by atoms with Crippen LogP contribution in [-0.4, -0.2) is 46.5 Å². The van der Waals surface area contributed by atoms with Gasteiger partial charge in [0.1, 0.15) is 12.1 Å². The number of benzene rings is 2. The van der Waals surface area contributed by atoms with Gasteiger partial charge in [0.05, 0.1) is 0 Å². The van der Waals surface area contributed by atoms with Gasteiger partial charge in [-0.2, -0.15) is 0 Å². The van der Waals surface area contributed by atoms with Gasteiger partial charge in [-0.3, -0.25) is 4.79 Å². The smallest absolute Gasteiger partial charge is 0.254 e. The van der Waals surface area contributed by atoms with Crippen molar-refractivity contribution in [3.8, 4) is 11.6 Å². The second-order valence-corrected chi connectivity index (χ2v) is 7.86. The summed E-state index contributed by atoms with van der Waals surface area (Å²) in [6.45, 7) is 7.71. The zero-order chi connectivity index (χ0) is 22.0. The number of aromatic nitrogens is 2. The maximum absolute atomic E-state index is 14.0. The summed E-state index contributed by atoms with van der Waals surface area (Å²) in [5.74, 6) is 0.703. The maximum atomic E-state index is 14.0. The first-order valence-corrected chi connectivity index (χ1v) is 10.3. The molecule has 4 rings (SSSR count). The van der Waals surface area contributed by atoms with Crippen molar-refractivity contribution in [1.29, 1.82) is 0 Å². The number of aryl methyl sites for hydroxylation is 2. The van der Waals surface area contributed by atoms with E-state index in [9.17, 15) is 9.18 Å². The Bertz CT molecular complexity index is 1100. The van der Waals surface area contributed by atoms with E-state index in [0.29, 0.717) is 25.5 Å². The lowest BCUT2D eigenvalue weighted by Gasteiger charge is -2.40. The number of halogens is 1. The molecular formula is C24H25FN4O2. The summed E-state index contributed by atoms with van der Waals surface area (Å²) in [5.41, 5.74) is 2.61. The summed E-state index contributed by atoms with van der Waals surface area (Å²) in [6.07, 6.45) is 1.41. The normalized spacial score (nSPS) is 16.3. The number of piperazine rings is 1. The lowest BCUT2D eigenvalue weighted by Crippen LogP contribution is -2.54. The van der Waals surface area contributed by atoms with E-state index in [0.717, 1.165) is 16.7 Å². The van der Waals surface area contributed by atoms with Crippen molar-refractivity contribution < 1.29 is 13.9 Å². The molecule has 7 heteroatoms. The van der Waals surface area contributed by atoms with E-state index in [2.05, 4.69) is 14.9 Å². The highest BCUT2D eigenvalue weighted by Crippen LogP contribution is 2.27. The van der Waals surface area contributed by atoms with Gasteiger partial charge >= 0.3 is 0 Å². The minimum absolute atomic E-state index is 0.00871. The molecule has 2 heterocycles. The lowest BCUT2D eigenvalue weighted by molar-refractivity contribution is 0.0673. The van der Waals surface area contributed by atoms with Crippen molar-refractivity contribution in [2.45, 2.75) is 26.8 Å². The Morgan fingerprint density at radius 1 is 1.10 bits per heavy atom. The summed E-state index contributed by atoms with van der Waals surface area (Å²) < 4.78 is 19.7. The van der Waals surface area contributed by atoms with Crippen LogP contribution in [0.25, 0.3) is 0 Å². The second-order valence-electron chi connectivity index (χ2n) is 7.86. The molecule has 1 amide bonds. The molecule has 1 saturated heterocycles. The molecule has 1 aliphatic rings. The van der Waals surface area contributed by atoms with Crippen LogP contribution in [-0.2, 0) is 0 Å². The quantitative estimate of drug-likeness (QED) is 0.627. The molecule has 0 spiro atoms. The van der Waals surface area contributed by atoms with Crippen molar-refractivity contribution in [3.05, 3.63) is 77.4 Å². The number of carbonyl (C=O) groups excluding carboxylic acids is 1. The van der Waals surface area contributed by atoms with Crippen LogP contribution in [0.1, 0.15) is 28.4 Å². The fourth-order valence-corrected chi connectivity index (χ4v) is 3.80. The molecule has 160 valence electrons. The van der Waals surface area contributed by atoms with Gasteiger partial charge in [0.2, 0.25) is 5.88 Å². The van der Waals surface area contributed by atoms with Crippen LogP contribution in [0.5, 0.6) is 11.6 Å². The predicted molar refractivity (Wildman–Crippen MR) is 117 cm³/mol. The Labute approximate surface area is 181 Å². The average Bonchev–Trinajstić information content (AvgIpc) is 2.76. The Morgan fingerprint density at radius 3 is 2.68 bits per heavy atom. The Hall–Kier alpha value is -3.48. The van der Waals surface area contributed by atoms with E-state index in [1.807, 2.05) is 49.9 Å². The molecule has 0 bridgehead atoms. The Kier molecular flexibility index (Phi) is 5.84. The monoisotopic (exact) mass is 420 g/mol. The molecule has 2 aromatic carbocycles. The number of hydrogen-bond acceptors (Lipinski definition) is 5. The van der Waals surface area contributed by atoms with E-state index in [4.69, 9.17) is 4.74 Å². The fourth-order valence-electron chi connectivity index (χ4n) is 3.80. The average molecular weight is 420 g/mol. The van der Waals surface area contributed by atoms with Gasteiger partial charge in [-0.05, 0) is 50.1 Å². The van der Waals surface area contributed by atoms with Gasteiger partial charge in [-0.1, -0.05) is 24.3 Å². The highest BCUT2D eigenvalue weighted by Gasteiger charge is 2.29. The molecule has 6 nitrogen and oxygen atoms in total. The molecule has 0 aliphatic carbocycles. The van der Waals surface area contributed by atoms with E-state index >= 15 is 0 Å². The standard InChI is InChI=1S/C24H25FN4O2/c1-16-8-9-20(25)21(12-16)31-23-13-22(26-15-27-23)28-10-11-29(18(3)14-28)24(30)19-7-5-4-6-17(19)2/h4-9,12-13,15,18H,10-11,14H2,1-3H3. The molecule has 0 radical (unpaired) electrons. The molecule has 1 unspecified atom stereocenters. The van der Waals surface area contributed by atoms with Crippen LogP contribution in [0.15, 0.2) is 54.9 Å². The third-order valence-electron chi connectivity index (χ3n) is 5.52. The van der Waals surface area contributed by atoms with Gasteiger partial charge in [0.25, 0.3) is 5.91 Å².